The number of rotatable bonds is 3. The van der Waals surface area contributed by atoms with E-state index in [0.717, 1.165) is 0 Å². The Balaban J connectivity index is 1.96. The summed E-state index contributed by atoms with van der Waals surface area (Å²) in [6.45, 7) is 3.32. The number of hydrogen-bond donors (Lipinski definition) is 3. The average Bonchev–Trinajstić information content (AvgIpc) is 2.72. The van der Waals surface area contributed by atoms with E-state index in [1.54, 1.807) is 38.1 Å². The quantitative estimate of drug-likeness (QED) is 0.435. The number of benzene rings is 2. The molecule has 4 rings (SSSR count). The van der Waals surface area contributed by atoms with Gasteiger partial charge in [0.25, 0.3) is 0 Å². The van der Waals surface area contributed by atoms with E-state index >= 15 is 0 Å². The fourth-order valence-corrected chi connectivity index (χ4v) is 4.53. The molecule has 3 N–H and O–H groups in total. The number of halogens is 5. The summed E-state index contributed by atoms with van der Waals surface area (Å²) in [5.74, 6) is -5.08. The van der Waals surface area contributed by atoms with Gasteiger partial charge in [-0.15, -0.1) is 0 Å². The van der Waals surface area contributed by atoms with Gasteiger partial charge in [0.15, 0.2) is 17.2 Å². The molecule has 1 aromatic heterocycles. The van der Waals surface area contributed by atoms with Crippen molar-refractivity contribution in [1.29, 1.82) is 0 Å². The highest BCUT2D eigenvalue weighted by Crippen LogP contribution is 2.55. The van der Waals surface area contributed by atoms with Gasteiger partial charge in [-0.25, -0.2) is 4.39 Å². The molecule has 3 atom stereocenters. The second-order valence-corrected chi connectivity index (χ2v) is 8.16. The van der Waals surface area contributed by atoms with Crippen LogP contribution in [0.5, 0.6) is 5.75 Å². The number of alkyl halides is 3. The highest BCUT2D eigenvalue weighted by molar-refractivity contribution is 5.91. The molecule has 170 valence electrons. The van der Waals surface area contributed by atoms with Crippen LogP contribution in [0.25, 0.3) is 10.9 Å². The smallest absolute Gasteiger partial charge is 0.419 e. The van der Waals surface area contributed by atoms with Gasteiger partial charge in [-0.3, -0.25) is 4.98 Å². The number of pyridine rings is 1. The molecule has 32 heavy (non-hydrogen) atoms. The Morgan fingerprint density at radius 3 is 2.56 bits per heavy atom. The highest BCUT2D eigenvalue weighted by atomic mass is 19.4. The number of anilines is 1. The van der Waals surface area contributed by atoms with Crippen molar-refractivity contribution < 1.29 is 32.2 Å². The van der Waals surface area contributed by atoms with Gasteiger partial charge in [0.2, 0.25) is 5.82 Å². The van der Waals surface area contributed by atoms with Crippen LogP contribution >= 0.6 is 0 Å². The molecule has 2 aromatic carbocycles. The SMILES string of the molecule is CC[C@@H]1C[C@](O)(C(F)(F)F)[C@@H](Nc2cccc3nc(C)ccc23)c2cc(F)c(F)c(O)c21. The Hall–Kier alpha value is -2.94. The van der Waals surface area contributed by atoms with Crippen molar-refractivity contribution in [2.45, 2.75) is 50.4 Å². The van der Waals surface area contributed by atoms with Gasteiger partial charge in [0.05, 0.1) is 11.6 Å². The molecule has 0 amide bonds. The standard InChI is InChI=1S/C23H21F5N2O2/c1-3-12-10-22(32,23(26,27)28)21(14-9-15(24)19(25)20(31)18(12)14)30-17-6-4-5-16-13(17)8-7-11(2)29-16/h4-9,12,21,30-32H,3,10H2,1-2H3/t12-,21+,22-/m1/s1. The minimum absolute atomic E-state index is 0.0776. The molecule has 0 saturated carbocycles. The van der Waals surface area contributed by atoms with Gasteiger partial charge in [0.1, 0.15) is 0 Å². The number of fused-ring (bicyclic) bond motifs is 2. The molecular formula is C23H21F5N2O2. The van der Waals surface area contributed by atoms with Gasteiger partial charge in [-0.1, -0.05) is 13.0 Å². The van der Waals surface area contributed by atoms with Crippen molar-refractivity contribution in [2.24, 2.45) is 0 Å². The molecule has 0 fully saturated rings. The summed E-state index contributed by atoms with van der Waals surface area (Å²) in [5.41, 5.74) is -2.31. The van der Waals surface area contributed by atoms with Crippen molar-refractivity contribution >= 4 is 16.6 Å². The molecule has 9 heteroatoms. The van der Waals surface area contributed by atoms with Crippen LogP contribution in [-0.4, -0.2) is 27.0 Å². The van der Waals surface area contributed by atoms with Gasteiger partial charge in [-0.2, -0.15) is 17.6 Å². The normalized spacial score (nSPS) is 23.2. The Kier molecular flexibility index (Phi) is 5.27. The Morgan fingerprint density at radius 1 is 1.19 bits per heavy atom. The third-order valence-corrected chi connectivity index (χ3v) is 6.17. The van der Waals surface area contributed by atoms with Crippen LogP contribution in [0.3, 0.4) is 0 Å². The van der Waals surface area contributed by atoms with Crippen molar-refractivity contribution in [2.75, 3.05) is 5.32 Å². The van der Waals surface area contributed by atoms with Crippen molar-refractivity contribution in [3.8, 4) is 5.75 Å². The zero-order chi connectivity index (χ0) is 23.4. The Bertz CT molecular complexity index is 1200. The Labute approximate surface area is 180 Å². The van der Waals surface area contributed by atoms with E-state index in [4.69, 9.17) is 0 Å². The fourth-order valence-electron chi connectivity index (χ4n) is 4.53. The molecule has 0 spiro atoms. The zero-order valence-corrected chi connectivity index (χ0v) is 17.3. The summed E-state index contributed by atoms with van der Waals surface area (Å²) in [5, 5.41) is 24.4. The van der Waals surface area contributed by atoms with Crippen LogP contribution in [0.4, 0.5) is 27.6 Å². The van der Waals surface area contributed by atoms with Crippen molar-refractivity contribution in [3.05, 3.63) is 64.9 Å². The minimum atomic E-state index is -5.09. The number of nitrogens with one attached hydrogen (secondary N) is 1. The molecule has 1 aliphatic rings. The third-order valence-electron chi connectivity index (χ3n) is 6.17. The monoisotopic (exact) mass is 452 g/mol. The van der Waals surface area contributed by atoms with Gasteiger partial charge >= 0.3 is 6.18 Å². The first-order chi connectivity index (χ1) is 15.0. The van der Waals surface area contributed by atoms with Crippen LogP contribution in [0.15, 0.2) is 36.4 Å². The highest BCUT2D eigenvalue weighted by Gasteiger charge is 2.62. The largest absolute Gasteiger partial charge is 0.505 e. The van der Waals surface area contributed by atoms with E-state index in [2.05, 4.69) is 10.3 Å². The summed E-state index contributed by atoms with van der Waals surface area (Å²) >= 11 is 0. The van der Waals surface area contributed by atoms with Crippen molar-refractivity contribution in [3.63, 3.8) is 0 Å². The summed E-state index contributed by atoms with van der Waals surface area (Å²) < 4.78 is 70.9. The summed E-state index contributed by atoms with van der Waals surface area (Å²) in [6.07, 6.45) is -5.83. The molecule has 1 heterocycles. The number of phenolic OH excluding ortho intramolecular Hbond substituents is 1. The summed E-state index contributed by atoms with van der Waals surface area (Å²) in [4.78, 5) is 4.35. The van der Waals surface area contributed by atoms with E-state index in [1.165, 1.54) is 6.07 Å². The maximum absolute atomic E-state index is 14.2. The molecular weight excluding hydrogens is 431 g/mol. The summed E-state index contributed by atoms with van der Waals surface area (Å²) in [6, 6.07) is 6.88. The predicted octanol–water partition coefficient (Wildman–Crippen LogP) is 5.87. The van der Waals surface area contributed by atoms with Gasteiger partial charge < -0.3 is 15.5 Å². The number of aliphatic hydroxyl groups is 1. The molecule has 0 saturated heterocycles. The number of aromatic nitrogens is 1. The van der Waals surface area contributed by atoms with E-state index in [0.29, 0.717) is 22.7 Å². The maximum atomic E-state index is 14.2. The number of aromatic hydroxyl groups is 1. The predicted molar refractivity (Wildman–Crippen MR) is 110 cm³/mol. The molecule has 0 radical (unpaired) electrons. The first-order valence-electron chi connectivity index (χ1n) is 10.1. The number of nitrogens with zero attached hydrogens (tertiary/aromatic N) is 1. The average molecular weight is 452 g/mol. The van der Waals surface area contributed by atoms with E-state index < -0.39 is 47.5 Å². The van der Waals surface area contributed by atoms with Crippen LogP contribution < -0.4 is 5.32 Å². The minimum Gasteiger partial charge on any atom is -0.505 e. The Morgan fingerprint density at radius 2 is 1.91 bits per heavy atom. The van der Waals surface area contributed by atoms with Crippen LogP contribution in [0, 0.1) is 18.6 Å². The molecule has 0 aliphatic heterocycles. The molecule has 0 unspecified atom stereocenters. The van der Waals surface area contributed by atoms with E-state index in [-0.39, 0.29) is 23.2 Å². The fraction of sp³-hybridized carbons (Fsp3) is 0.348. The van der Waals surface area contributed by atoms with Crippen LogP contribution in [-0.2, 0) is 0 Å². The molecule has 4 nitrogen and oxygen atoms in total. The van der Waals surface area contributed by atoms with Gasteiger partial charge in [-0.05, 0) is 61.6 Å². The molecule has 1 aliphatic carbocycles. The van der Waals surface area contributed by atoms with E-state index in [1.807, 2.05) is 0 Å². The number of phenols is 1. The second kappa shape index (κ2) is 7.58. The summed E-state index contributed by atoms with van der Waals surface area (Å²) in [7, 11) is 0. The van der Waals surface area contributed by atoms with Crippen LogP contribution in [0.2, 0.25) is 0 Å². The lowest BCUT2D eigenvalue weighted by Crippen LogP contribution is -2.55. The van der Waals surface area contributed by atoms with E-state index in [9.17, 15) is 32.2 Å². The first kappa shape index (κ1) is 22.3. The van der Waals surface area contributed by atoms with Crippen molar-refractivity contribution in [1.82, 2.24) is 4.98 Å². The topological polar surface area (TPSA) is 65.4 Å². The first-order valence-corrected chi connectivity index (χ1v) is 10.1. The lowest BCUT2D eigenvalue weighted by atomic mass is 9.69. The van der Waals surface area contributed by atoms with Crippen LogP contribution in [0.1, 0.15) is 48.5 Å². The third kappa shape index (κ3) is 3.35. The van der Waals surface area contributed by atoms with Gasteiger partial charge in [0, 0.05) is 22.3 Å². The number of aryl methyl sites for hydroxylation is 1. The second-order valence-electron chi connectivity index (χ2n) is 8.16. The lowest BCUT2D eigenvalue weighted by molar-refractivity contribution is -0.272. The number of hydrogen-bond acceptors (Lipinski definition) is 4. The molecule has 0 bridgehead atoms. The zero-order valence-electron chi connectivity index (χ0n) is 17.3. The lowest BCUT2D eigenvalue weighted by Gasteiger charge is -2.46. The maximum Gasteiger partial charge on any atom is 0.419 e. The molecule has 3 aromatic rings.